The van der Waals surface area contributed by atoms with Crippen LogP contribution in [0.3, 0.4) is 0 Å². The molecule has 94 valence electrons. The van der Waals surface area contributed by atoms with E-state index in [9.17, 15) is 9.90 Å². The lowest BCUT2D eigenvalue weighted by atomic mass is 10.2. The summed E-state index contributed by atoms with van der Waals surface area (Å²) in [5.74, 6) is -0.966. The molecule has 1 aliphatic rings. The number of hydrogen-bond donors (Lipinski definition) is 3. The minimum atomic E-state index is -0.966. The molecule has 16 heavy (non-hydrogen) atoms. The lowest BCUT2D eigenvalue weighted by Gasteiger charge is -2.35. The number of piperazine rings is 1. The van der Waals surface area contributed by atoms with Gasteiger partial charge in [-0.25, -0.2) is 0 Å². The molecular formula is C10H20N2O4. The molecule has 1 unspecified atom stereocenters. The van der Waals surface area contributed by atoms with Crippen molar-refractivity contribution in [3.63, 3.8) is 0 Å². The van der Waals surface area contributed by atoms with Crippen molar-refractivity contribution in [3.8, 4) is 0 Å². The standard InChI is InChI=1S/C10H20N2O4/c13-6-5-11-1-3-12(4-2-11)8-9(14)7-10(15)16/h9,13-14H,1-8H2,(H,15,16). The van der Waals surface area contributed by atoms with Crippen molar-refractivity contribution < 1.29 is 20.1 Å². The molecular weight excluding hydrogens is 212 g/mol. The van der Waals surface area contributed by atoms with Crippen LogP contribution in [0.4, 0.5) is 0 Å². The van der Waals surface area contributed by atoms with Crippen LogP contribution >= 0.6 is 0 Å². The van der Waals surface area contributed by atoms with Gasteiger partial charge in [-0.15, -0.1) is 0 Å². The Balaban J connectivity index is 2.18. The molecule has 0 saturated carbocycles. The molecule has 1 fully saturated rings. The molecule has 0 bridgehead atoms. The van der Waals surface area contributed by atoms with Crippen LogP contribution in [-0.2, 0) is 4.79 Å². The monoisotopic (exact) mass is 232 g/mol. The molecule has 0 amide bonds. The normalized spacial score (nSPS) is 20.9. The fraction of sp³-hybridized carbons (Fsp3) is 0.900. The van der Waals surface area contributed by atoms with Gasteiger partial charge in [0.2, 0.25) is 0 Å². The summed E-state index contributed by atoms with van der Waals surface area (Å²) < 4.78 is 0. The molecule has 1 saturated heterocycles. The number of carboxylic acid groups (broad SMARTS) is 1. The Kier molecular flexibility index (Phi) is 5.68. The Morgan fingerprint density at radius 3 is 2.25 bits per heavy atom. The van der Waals surface area contributed by atoms with E-state index in [0.717, 1.165) is 26.2 Å². The van der Waals surface area contributed by atoms with Gasteiger partial charge in [0.05, 0.1) is 19.1 Å². The van der Waals surface area contributed by atoms with Crippen molar-refractivity contribution in [1.29, 1.82) is 0 Å². The number of carbonyl (C=O) groups is 1. The van der Waals surface area contributed by atoms with Gasteiger partial charge in [-0.05, 0) is 0 Å². The third-order valence-corrected chi connectivity index (χ3v) is 2.76. The molecule has 0 aliphatic carbocycles. The Bertz CT molecular complexity index is 217. The first-order chi connectivity index (χ1) is 7.61. The van der Waals surface area contributed by atoms with Crippen LogP contribution in [0, 0.1) is 0 Å². The Labute approximate surface area is 95.1 Å². The van der Waals surface area contributed by atoms with E-state index in [4.69, 9.17) is 10.2 Å². The number of nitrogens with zero attached hydrogens (tertiary/aromatic N) is 2. The minimum Gasteiger partial charge on any atom is -0.481 e. The highest BCUT2D eigenvalue weighted by Crippen LogP contribution is 2.03. The van der Waals surface area contributed by atoms with Gasteiger partial charge in [0, 0.05) is 39.3 Å². The SMILES string of the molecule is O=C(O)CC(O)CN1CCN(CCO)CC1. The van der Waals surface area contributed by atoms with E-state index >= 15 is 0 Å². The van der Waals surface area contributed by atoms with E-state index in [2.05, 4.69) is 9.80 Å². The zero-order valence-corrected chi connectivity index (χ0v) is 9.38. The number of rotatable bonds is 6. The van der Waals surface area contributed by atoms with Gasteiger partial charge in [-0.1, -0.05) is 0 Å². The summed E-state index contributed by atoms with van der Waals surface area (Å²) in [6, 6.07) is 0. The van der Waals surface area contributed by atoms with Gasteiger partial charge in [0.25, 0.3) is 0 Å². The van der Waals surface area contributed by atoms with Crippen molar-refractivity contribution >= 4 is 5.97 Å². The molecule has 0 radical (unpaired) electrons. The number of aliphatic carboxylic acids is 1. The molecule has 1 aliphatic heterocycles. The van der Waals surface area contributed by atoms with Crippen LogP contribution in [0.15, 0.2) is 0 Å². The molecule has 0 aromatic heterocycles. The van der Waals surface area contributed by atoms with Crippen molar-refractivity contribution in [3.05, 3.63) is 0 Å². The maximum Gasteiger partial charge on any atom is 0.306 e. The first-order valence-electron chi connectivity index (χ1n) is 5.57. The highest BCUT2D eigenvalue weighted by atomic mass is 16.4. The maximum atomic E-state index is 10.4. The summed E-state index contributed by atoms with van der Waals surface area (Å²) >= 11 is 0. The van der Waals surface area contributed by atoms with E-state index in [1.54, 1.807) is 0 Å². The van der Waals surface area contributed by atoms with Crippen LogP contribution in [-0.4, -0.2) is 83.1 Å². The van der Waals surface area contributed by atoms with E-state index in [0.29, 0.717) is 13.1 Å². The van der Waals surface area contributed by atoms with Crippen LogP contribution in [0.25, 0.3) is 0 Å². The van der Waals surface area contributed by atoms with E-state index in [-0.39, 0.29) is 13.0 Å². The van der Waals surface area contributed by atoms with Gasteiger partial charge in [-0.2, -0.15) is 0 Å². The third kappa shape index (κ3) is 4.89. The van der Waals surface area contributed by atoms with Crippen molar-refractivity contribution in [2.75, 3.05) is 45.9 Å². The summed E-state index contributed by atoms with van der Waals surface area (Å²) in [5.41, 5.74) is 0. The summed E-state index contributed by atoms with van der Waals surface area (Å²) in [5, 5.41) is 26.7. The molecule has 0 aromatic rings. The zero-order valence-electron chi connectivity index (χ0n) is 9.38. The van der Waals surface area contributed by atoms with Gasteiger partial charge >= 0.3 is 5.97 Å². The second kappa shape index (κ2) is 6.80. The van der Waals surface area contributed by atoms with E-state index in [1.807, 2.05) is 0 Å². The second-order valence-corrected chi connectivity index (χ2v) is 4.12. The summed E-state index contributed by atoms with van der Waals surface area (Å²) in [7, 11) is 0. The average Bonchev–Trinajstić information content (AvgIpc) is 2.20. The Morgan fingerprint density at radius 2 is 1.75 bits per heavy atom. The fourth-order valence-corrected chi connectivity index (χ4v) is 1.90. The summed E-state index contributed by atoms with van der Waals surface area (Å²) in [6.45, 7) is 4.63. The lowest BCUT2D eigenvalue weighted by Crippen LogP contribution is -2.49. The first kappa shape index (κ1) is 13.4. The topological polar surface area (TPSA) is 84.2 Å². The molecule has 1 rings (SSSR count). The van der Waals surface area contributed by atoms with Gasteiger partial charge in [0.15, 0.2) is 0 Å². The summed E-state index contributed by atoms with van der Waals surface area (Å²) in [4.78, 5) is 14.6. The minimum absolute atomic E-state index is 0.168. The highest BCUT2D eigenvalue weighted by molar-refractivity contribution is 5.67. The van der Waals surface area contributed by atoms with Gasteiger partial charge < -0.3 is 15.3 Å². The Morgan fingerprint density at radius 1 is 1.19 bits per heavy atom. The van der Waals surface area contributed by atoms with E-state index in [1.165, 1.54) is 0 Å². The molecule has 1 atom stereocenters. The maximum absolute atomic E-state index is 10.4. The fourth-order valence-electron chi connectivity index (χ4n) is 1.90. The largest absolute Gasteiger partial charge is 0.481 e. The van der Waals surface area contributed by atoms with Crippen LogP contribution < -0.4 is 0 Å². The first-order valence-corrected chi connectivity index (χ1v) is 5.57. The number of aliphatic hydroxyl groups excluding tert-OH is 2. The van der Waals surface area contributed by atoms with Crippen LogP contribution in [0.2, 0.25) is 0 Å². The Hall–Kier alpha value is -0.690. The third-order valence-electron chi connectivity index (χ3n) is 2.76. The van der Waals surface area contributed by atoms with Crippen molar-refractivity contribution in [2.24, 2.45) is 0 Å². The quantitative estimate of drug-likeness (QED) is 0.513. The number of hydrogen-bond acceptors (Lipinski definition) is 5. The molecule has 6 heteroatoms. The van der Waals surface area contributed by atoms with Crippen molar-refractivity contribution in [1.82, 2.24) is 9.80 Å². The molecule has 3 N–H and O–H groups in total. The lowest BCUT2D eigenvalue weighted by molar-refractivity contribution is -0.139. The second-order valence-electron chi connectivity index (χ2n) is 4.12. The molecule has 6 nitrogen and oxygen atoms in total. The predicted octanol–water partition coefficient (Wildman–Crippen LogP) is -1.57. The molecule has 0 spiro atoms. The molecule has 0 aromatic carbocycles. The zero-order chi connectivity index (χ0) is 12.0. The summed E-state index contributed by atoms with van der Waals surface area (Å²) in [6.07, 6.45) is -0.987. The number of carboxylic acids is 1. The predicted molar refractivity (Wildman–Crippen MR) is 58.2 cm³/mol. The molecule has 1 heterocycles. The number of aliphatic hydroxyl groups is 2. The highest BCUT2D eigenvalue weighted by Gasteiger charge is 2.19. The van der Waals surface area contributed by atoms with E-state index < -0.39 is 12.1 Å². The van der Waals surface area contributed by atoms with Gasteiger partial charge in [0.1, 0.15) is 0 Å². The van der Waals surface area contributed by atoms with Crippen LogP contribution in [0.5, 0.6) is 0 Å². The number of β-amino-alcohol motifs (C(OH)–C–C–N with tert-alkyl or cyclic N) is 2. The van der Waals surface area contributed by atoms with Crippen LogP contribution in [0.1, 0.15) is 6.42 Å². The van der Waals surface area contributed by atoms with Gasteiger partial charge in [-0.3, -0.25) is 14.6 Å². The smallest absolute Gasteiger partial charge is 0.306 e. The average molecular weight is 232 g/mol. The van der Waals surface area contributed by atoms with Crippen molar-refractivity contribution in [2.45, 2.75) is 12.5 Å².